The Balaban J connectivity index is 1.75. The van der Waals surface area contributed by atoms with Gasteiger partial charge in [0.15, 0.2) is 5.69 Å². The highest BCUT2D eigenvalue weighted by Gasteiger charge is 2.48. The molecule has 0 saturated carbocycles. The molecule has 2 heterocycles. The van der Waals surface area contributed by atoms with Crippen molar-refractivity contribution in [3.63, 3.8) is 0 Å². The normalized spacial score (nSPS) is 17.6. The average Bonchev–Trinajstić information content (AvgIpc) is 3.21. The standard InChI is InChI=1S/C25H34ClN5O3/c1-5-14-31-23(33)21-20(22(32)27-13-11-18-6-8-19(26)9-7-18)29-16-30(21)15-25(31,4)24(34)28-12-10-17(2)3/h6-9,16-17H,5,10-15H2,1-4H3,(H,27,32)(H,28,34)/t25-/m1/s1. The maximum Gasteiger partial charge on any atom is 0.273 e. The van der Waals surface area contributed by atoms with E-state index in [2.05, 4.69) is 29.5 Å². The monoisotopic (exact) mass is 487 g/mol. The molecular formula is C25H34ClN5O3. The first-order chi connectivity index (χ1) is 16.2. The second kappa shape index (κ2) is 11.0. The van der Waals surface area contributed by atoms with Crippen molar-refractivity contribution >= 4 is 29.3 Å². The molecule has 0 aliphatic carbocycles. The zero-order chi connectivity index (χ0) is 24.9. The number of nitrogens with one attached hydrogen (secondary N) is 2. The van der Waals surface area contributed by atoms with Gasteiger partial charge in [-0.3, -0.25) is 14.4 Å². The lowest BCUT2D eigenvalue weighted by Crippen LogP contribution is -2.64. The Bertz CT molecular complexity index is 1030. The summed E-state index contributed by atoms with van der Waals surface area (Å²) in [6, 6.07) is 7.43. The van der Waals surface area contributed by atoms with Gasteiger partial charge in [-0.25, -0.2) is 4.98 Å². The molecule has 1 atom stereocenters. The Kier molecular flexibility index (Phi) is 8.36. The molecule has 0 spiro atoms. The first-order valence-corrected chi connectivity index (χ1v) is 12.2. The first kappa shape index (κ1) is 25.7. The molecular weight excluding hydrogens is 454 g/mol. The first-order valence-electron chi connectivity index (χ1n) is 11.9. The number of rotatable bonds is 10. The third-order valence-corrected chi connectivity index (χ3v) is 6.38. The van der Waals surface area contributed by atoms with Crippen molar-refractivity contribution in [1.82, 2.24) is 25.1 Å². The Morgan fingerprint density at radius 3 is 2.53 bits per heavy atom. The molecule has 184 valence electrons. The maximum absolute atomic E-state index is 13.5. The van der Waals surface area contributed by atoms with E-state index < -0.39 is 11.4 Å². The Morgan fingerprint density at radius 2 is 1.88 bits per heavy atom. The van der Waals surface area contributed by atoms with E-state index in [-0.39, 0.29) is 29.7 Å². The van der Waals surface area contributed by atoms with Crippen LogP contribution in [-0.4, -0.2) is 57.3 Å². The van der Waals surface area contributed by atoms with Crippen LogP contribution in [0.25, 0.3) is 0 Å². The second-order valence-electron chi connectivity index (χ2n) is 9.37. The predicted octanol–water partition coefficient (Wildman–Crippen LogP) is 3.30. The van der Waals surface area contributed by atoms with Gasteiger partial charge < -0.3 is 20.1 Å². The van der Waals surface area contributed by atoms with Crippen molar-refractivity contribution in [2.75, 3.05) is 19.6 Å². The van der Waals surface area contributed by atoms with Crippen LogP contribution in [0.15, 0.2) is 30.6 Å². The van der Waals surface area contributed by atoms with Gasteiger partial charge in [-0.15, -0.1) is 0 Å². The van der Waals surface area contributed by atoms with E-state index in [1.54, 1.807) is 28.5 Å². The largest absolute Gasteiger partial charge is 0.354 e. The van der Waals surface area contributed by atoms with Gasteiger partial charge in [-0.2, -0.15) is 0 Å². The topological polar surface area (TPSA) is 96.3 Å². The third-order valence-electron chi connectivity index (χ3n) is 6.13. The summed E-state index contributed by atoms with van der Waals surface area (Å²) in [5.41, 5.74) is 0.301. The van der Waals surface area contributed by atoms with E-state index in [0.29, 0.717) is 43.4 Å². The molecule has 1 aliphatic heterocycles. The van der Waals surface area contributed by atoms with Crippen LogP contribution >= 0.6 is 11.6 Å². The van der Waals surface area contributed by atoms with E-state index in [4.69, 9.17) is 11.6 Å². The highest BCUT2D eigenvalue weighted by molar-refractivity contribution is 6.30. The molecule has 3 rings (SSSR count). The van der Waals surface area contributed by atoms with Crippen molar-refractivity contribution in [1.29, 1.82) is 0 Å². The zero-order valence-electron chi connectivity index (χ0n) is 20.4. The fraction of sp³-hybridized carbons (Fsp3) is 0.520. The van der Waals surface area contributed by atoms with Crippen molar-refractivity contribution in [3.05, 3.63) is 52.6 Å². The second-order valence-corrected chi connectivity index (χ2v) is 9.81. The van der Waals surface area contributed by atoms with Crippen LogP contribution in [-0.2, 0) is 17.8 Å². The third kappa shape index (κ3) is 5.60. The number of amides is 3. The minimum Gasteiger partial charge on any atom is -0.354 e. The van der Waals surface area contributed by atoms with Crippen LogP contribution in [0.2, 0.25) is 5.02 Å². The number of imidazole rings is 1. The fourth-order valence-corrected chi connectivity index (χ4v) is 4.27. The molecule has 1 aromatic heterocycles. The van der Waals surface area contributed by atoms with Gasteiger partial charge in [0, 0.05) is 24.7 Å². The number of hydrogen-bond donors (Lipinski definition) is 2. The van der Waals surface area contributed by atoms with Gasteiger partial charge in [0.1, 0.15) is 11.2 Å². The molecule has 34 heavy (non-hydrogen) atoms. The minimum atomic E-state index is -1.06. The fourth-order valence-electron chi connectivity index (χ4n) is 4.15. The molecule has 0 radical (unpaired) electrons. The number of benzene rings is 1. The maximum atomic E-state index is 13.5. The Labute approximate surface area is 206 Å². The van der Waals surface area contributed by atoms with E-state index in [0.717, 1.165) is 12.0 Å². The van der Waals surface area contributed by atoms with Gasteiger partial charge in [0.25, 0.3) is 11.8 Å². The number of nitrogens with zero attached hydrogens (tertiary/aromatic N) is 3. The molecule has 0 fully saturated rings. The van der Waals surface area contributed by atoms with E-state index in [9.17, 15) is 14.4 Å². The molecule has 0 unspecified atom stereocenters. The average molecular weight is 488 g/mol. The molecule has 8 nitrogen and oxygen atoms in total. The summed E-state index contributed by atoms with van der Waals surface area (Å²) in [5, 5.41) is 6.50. The summed E-state index contributed by atoms with van der Waals surface area (Å²) in [5.74, 6) is -0.482. The van der Waals surface area contributed by atoms with Crippen molar-refractivity contribution in [3.8, 4) is 0 Å². The SMILES string of the molecule is CCCN1C(=O)c2c(C(=O)NCCc3ccc(Cl)cc3)ncn2C[C@]1(C)C(=O)NCCC(C)C. The van der Waals surface area contributed by atoms with E-state index in [1.807, 2.05) is 19.1 Å². The summed E-state index contributed by atoms with van der Waals surface area (Å²) in [4.78, 5) is 45.4. The molecule has 2 N–H and O–H groups in total. The quantitative estimate of drug-likeness (QED) is 0.537. The van der Waals surface area contributed by atoms with Crippen LogP contribution in [0, 0.1) is 5.92 Å². The van der Waals surface area contributed by atoms with Crippen LogP contribution in [0.1, 0.15) is 67.1 Å². The molecule has 2 aromatic rings. The molecule has 9 heteroatoms. The summed E-state index contributed by atoms with van der Waals surface area (Å²) < 4.78 is 1.63. The van der Waals surface area contributed by atoms with E-state index >= 15 is 0 Å². The highest BCUT2D eigenvalue weighted by Crippen LogP contribution is 2.29. The van der Waals surface area contributed by atoms with Crippen LogP contribution < -0.4 is 10.6 Å². The van der Waals surface area contributed by atoms with Gasteiger partial charge in [-0.1, -0.05) is 44.5 Å². The lowest BCUT2D eigenvalue weighted by Gasteiger charge is -2.43. The van der Waals surface area contributed by atoms with Crippen LogP contribution in [0.3, 0.4) is 0 Å². The number of fused-ring (bicyclic) bond motifs is 1. The van der Waals surface area contributed by atoms with Gasteiger partial charge >= 0.3 is 0 Å². The van der Waals surface area contributed by atoms with Crippen LogP contribution in [0.4, 0.5) is 0 Å². The van der Waals surface area contributed by atoms with Crippen molar-refractivity contribution in [2.24, 2.45) is 5.92 Å². The number of halogens is 1. The number of carbonyl (C=O) groups excluding carboxylic acids is 3. The highest BCUT2D eigenvalue weighted by atomic mass is 35.5. The molecule has 1 aliphatic rings. The zero-order valence-corrected chi connectivity index (χ0v) is 21.1. The molecule has 0 bridgehead atoms. The number of hydrogen-bond acceptors (Lipinski definition) is 4. The predicted molar refractivity (Wildman–Crippen MR) is 132 cm³/mol. The summed E-state index contributed by atoms with van der Waals surface area (Å²) in [6.07, 6.45) is 3.66. The van der Waals surface area contributed by atoms with Crippen molar-refractivity contribution in [2.45, 2.75) is 59.0 Å². The smallest absolute Gasteiger partial charge is 0.273 e. The molecule has 3 amide bonds. The van der Waals surface area contributed by atoms with Crippen molar-refractivity contribution < 1.29 is 14.4 Å². The summed E-state index contributed by atoms with van der Waals surface area (Å²) >= 11 is 5.91. The lowest BCUT2D eigenvalue weighted by molar-refractivity contribution is -0.132. The van der Waals surface area contributed by atoms with Gasteiger partial charge in [0.05, 0.1) is 12.9 Å². The molecule has 0 saturated heterocycles. The minimum absolute atomic E-state index is 0.0875. The van der Waals surface area contributed by atoms with Gasteiger partial charge in [-0.05, 0) is 49.8 Å². The molecule has 1 aromatic carbocycles. The number of aromatic nitrogens is 2. The Hall–Kier alpha value is -2.87. The van der Waals surface area contributed by atoms with Gasteiger partial charge in [0.2, 0.25) is 5.91 Å². The Morgan fingerprint density at radius 1 is 1.18 bits per heavy atom. The van der Waals surface area contributed by atoms with Crippen LogP contribution in [0.5, 0.6) is 0 Å². The summed E-state index contributed by atoms with van der Waals surface area (Å²) in [6.45, 7) is 9.54. The summed E-state index contributed by atoms with van der Waals surface area (Å²) in [7, 11) is 0. The van der Waals surface area contributed by atoms with E-state index in [1.165, 1.54) is 6.33 Å². The lowest BCUT2D eigenvalue weighted by atomic mass is 9.93. The number of carbonyl (C=O) groups is 3.